The molecule has 0 aliphatic rings. The zero-order chi connectivity index (χ0) is 40.9. The van der Waals surface area contributed by atoms with Gasteiger partial charge in [-0.25, -0.2) is 4.79 Å². The Morgan fingerprint density at radius 2 is 1.16 bits per heavy atom. The van der Waals surface area contributed by atoms with E-state index in [9.17, 15) is 38.7 Å². The first kappa shape index (κ1) is 51.2. The third-order valence-electron chi connectivity index (χ3n) is 8.85. The van der Waals surface area contributed by atoms with Crippen LogP contribution in [0.3, 0.4) is 0 Å². The minimum atomic E-state index is -1.25. The molecule has 1 unspecified atom stereocenters. The maximum Gasteiger partial charge on any atom is 0.326 e. The molecular weight excluding hydrogens is 710 g/mol. The molecule has 0 aromatic rings. The third kappa shape index (κ3) is 35.7. The maximum absolute atomic E-state index is 12.4. The molecule has 14 nitrogen and oxygen atoms in total. The van der Waals surface area contributed by atoms with E-state index in [0.717, 1.165) is 44.9 Å². The standard InChI is InChI=1S/C41H69N3O11/c1-33(45)32-55-31-30-54-29-28-43-38(48)23-17-14-15-20-34(46)26-27-36(41(52)53)44-39(49)24-19-21-35(42)37(47)22-16-12-10-8-6-4-2-3-5-7-9-11-13-18-25-40(50)51/h15,20,36,42H,2-14,16-19,21-32H2,1H3,(H,43,48)(H,44,49)(H,50,51)(H,52,53)/b20-15+,42-35?. The lowest BCUT2D eigenvalue weighted by molar-refractivity contribution is -0.142. The largest absolute Gasteiger partial charge is 0.481 e. The first-order valence-corrected chi connectivity index (χ1v) is 20.4. The normalized spacial score (nSPS) is 11.7. The molecule has 0 saturated heterocycles. The Hall–Kier alpha value is -3.78. The molecule has 55 heavy (non-hydrogen) atoms. The van der Waals surface area contributed by atoms with E-state index in [1.165, 1.54) is 57.9 Å². The summed E-state index contributed by atoms with van der Waals surface area (Å²) in [6, 6.07) is -1.23. The Kier molecular flexibility index (Phi) is 33.4. The van der Waals surface area contributed by atoms with Crippen LogP contribution in [0.2, 0.25) is 0 Å². The van der Waals surface area contributed by atoms with Gasteiger partial charge in [0.2, 0.25) is 11.8 Å². The summed E-state index contributed by atoms with van der Waals surface area (Å²) in [6.07, 6.45) is 20.3. The molecule has 14 heteroatoms. The number of ketones is 3. The van der Waals surface area contributed by atoms with Crippen LogP contribution in [0.15, 0.2) is 12.2 Å². The number of nitrogens with one attached hydrogen (secondary N) is 3. The molecule has 2 amide bonds. The SMILES string of the molecule is CC(=O)COCCOCCNC(=O)CCC/C=C/C(=O)CCC(NC(=O)CCCC(=N)C(=O)CCCCCCCCCCCCCCCCC(=O)O)C(=O)O. The van der Waals surface area contributed by atoms with Crippen molar-refractivity contribution in [2.24, 2.45) is 0 Å². The number of ether oxygens (including phenoxy) is 2. The number of aliphatic carboxylic acids is 2. The second-order valence-electron chi connectivity index (χ2n) is 14.1. The molecule has 0 aliphatic heterocycles. The van der Waals surface area contributed by atoms with Gasteiger partial charge in [-0.2, -0.15) is 0 Å². The smallest absolute Gasteiger partial charge is 0.326 e. The van der Waals surface area contributed by atoms with Gasteiger partial charge in [0.05, 0.1) is 25.5 Å². The van der Waals surface area contributed by atoms with Crippen molar-refractivity contribution in [1.29, 1.82) is 5.41 Å². The predicted molar refractivity (Wildman–Crippen MR) is 210 cm³/mol. The summed E-state index contributed by atoms with van der Waals surface area (Å²) in [5.41, 5.74) is -0.0175. The van der Waals surface area contributed by atoms with Crippen molar-refractivity contribution >= 4 is 46.8 Å². The van der Waals surface area contributed by atoms with Crippen LogP contribution in [0.1, 0.15) is 161 Å². The molecule has 0 saturated carbocycles. The maximum atomic E-state index is 12.4. The number of rotatable bonds is 40. The summed E-state index contributed by atoms with van der Waals surface area (Å²) in [4.78, 5) is 81.7. The molecule has 5 N–H and O–H groups in total. The first-order valence-electron chi connectivity index (χ1n) is 20.4. The molecule has 0 radical (unpaired) electrons. The van der Waals surface area contributed by atoms with E-state index in [-0.39, 0.29) is 80.5 Å². The molecule has 314 valence electrons. The third-order valence-corrected chi connectivity index (χ3v) is 8.85. The van der Waals surface area contributed by atoms with E-state index in [0.29, 0.717) is 45.6 Å². The van der Waals surface area contributed by atoms with E-state index < -0.39 is 23.9 Å². The second kappa shape index (κ2) is 35.9. The molecule has 0 fully saturated rings. The average Bonchev–Trinajstić information content (AvgIpc) is 3.13. The highest BCUT2D eigenvalue weighted by Gasteiger charge is 2.21. The number of amides is 2. The molecular formula is C41H69N3O11. The summed E-state index contributed by atoms with van der Waals surface area (Å²) < 4.78 is 10.4. The van der Waals surface area contributed by atoms with Crippen molar-refractivity contribution in [1.82, 2.24) is 10.6 Å². The highest BCUT2D eigenvalue weighted by atomic mass is 16.5. The van der Waals surface area contributed by atoms with Crippen LogP contribution in [-0.2, 0) is 43.0 Å². The van der Waals surface area contributed by atoms with Gasteiger partial charge in [-0.3, -0.25) is 28.8 Å². The Morgan fingerprint density at radius 1 is 0.618 bits per heavy atom. The fraction of sp³-hybridized carbons (Fsp3) is 0.756. The van der Waals surface area contributed by atoms with Crippen LogP contribution in [0, 0.1) is 5.41 Å². The van der Waals surface area contributed by atoms with E-state index in [4.69, 9.17) is 20.0 Å². The lowest BCUT2D eigenvalue weighted by atomic mass is 10.0. The van der Waals surface area contributed by atoms with Gasteiger partial charge >= 0.3 is 11.9 Å². The molecule has 0 aromatic heterocycles. The van der Waals surface area contributed by atoms with Crippen LogP contribution < -0.4 is 10.6 Å². The lowest BCUT2D eigenvalue weighted by Gasteiger charge is -2.13. The fourth-order valence-corrected chi connectivity index (χ4v) is 5.68. The Balaban J connectivity index is 3.90. The predicted octanol–water partition coefficient (Wildman–Crippen LogP) is 6.46. The molecule has 0 aromatic carbocycles. The summed E-state index contributed by atoms with van der Waals surface area (Å²) in [5.74, 6) is -3.18. The lowest BCUT2D eigenvalue weighted by Crippen LogP contribution is -2.41. The second-order valence-corrected chi connectivity index (χ2v) is 14.1. The van der Waals surface area contributed by atoms with Crippen LogP contribution in [0.25, 0.3) is 0 Å². The van der Waals surface area contributed by atoms with Crippen LogP contribution in [-0.4, -0.2) is 96.0 Å². The number of hydrogen-bond acceptors (Lipinski definition) is 10. The summed E-state index contributed by atoms with van der Waals surface area (Å²) in [6.45, 7) is 2.78. The van der Waals surface area contributed by atoms with E-state index >= 15 is 0 Å². The highest BCUT2D eigenvalue weighted by Crippen LogP contribution is 2.14. The Bertz CT molecular complexity index is 1170. The van der Waals surface area contributed by atoms with Crippen molar-refractivity contribution in [3.63, 3.8) is 0 Å². The van der Waals surface area contributed by atoms with Crippen molar-refractivity contribution in [2.45, 2.75) is 167 Å². The minimum absolute atomic E-state index is 0.0175. The molecule has 1 atom stereocenters. The van der Waals surface area contributed by atoms with Gasteiger partial charge < -0.3 is 35.7 Å². The van der Waals surface area contributed by atoms with Crippen molar-refractivity contribution in [2.75, 3.05) is 33.0 Å². The highest BCUT2D eigenvalue weighted by molar-refractivity contribution is 6.38. The van der Waals surface area contributed by atoms with Crippen molar-refractivity contribution < 1.29 is 53.2 Å². The molecule has 0 aliphatic carbocycles. The zero-order valence-electron chi connectivity index (χ0n) is 33.3. The summed E-state index contributed by atoms with van der Waals surface area (Å²) in [7, 11) is 0. The molecule has 0 rings (SSSR count). The number of carbonyl (C=O) groups excluding carboxylic acids is 5. The minimum Gasteiger partial charge on any atom is -0.481 e. The van der Waals surface area contributed by atoms with Crippen molar-refractivity contribution in [3.05, 3.63) is 12.2 Å². The molecule has 0 bridgehead atoms. The topological polar surface area (TPSA) is 226 Å². The van der Waals surface area contributed by atoms with Gasteiger partial charge in [-0.05, 0) is 57.9 Å². The first-order chi connectivity index (χ1) is 26.4. The summed E-state index contributed by atoms with van der Waals surface area (Å²) >= 11 is 0. The molecule has 0 spiro atoms. The average molecular weight is 780 g/mol. The van der Waals surface area contributed by atoms with Gasteiger partial charge in [0.25, 0.3) is 0 Å². The van der Waals surface area contributed by atoms with E-state index in [1.54, 1.807) is 6.08 Å². The Labute approximate surface area is 327 Å². The number of unbranched alkanes of at least 4 members (excludes halogenated alkanes) is 14. The number of allylic oxidation sites excluding steroid dienone is 2. The monoisotopic (exact) mass is 779 g/mol. The molecule has 0 heterocycles. The van der Waals surface area contributed by atoms with Crippen LogP contribution in [0.4, 0.5) is 0 Å². The number of carbonyl (C=O) groups is 7. The van der Waals surface area contributed by atoms with Gasteiger partial charge in [0.1, 0.15) is 12.6 Å². The Morgan fingerprint density at radius 3 is 1.73 bits per heavy atom. The van der Waals surface area contributed by atoms with Gasteiger partial charge in [0, 0.05) is 38.6 Å². The van der Waals surface area contributed by atoms with Crippen molar-refractivity contribution in [3.8, 4) is 0 Å². The van der Waals surface area contributed by atoms with E-state index in [2.05, 4.69) is 10.6 Å². The van der Waals surface area contributed by atoms with Gasteiger partial charge in [0.15, 0.2) is 17.3 Å². The van der Waals surface area contributed by atoms with Crippen LogP contribution in [0.5, 0.6) is 0 Å². The number of hydrogen-bond donors (Lipinski definition) is 5. The van der Waals surface area contributed by atoms with Gasteiger partial charge in [-0.1, -0.05) is 83.1 Å². The summed E-state index contributed by atoms with van der Waals surface area (Å²) in [5, 5.41) is 31.4. The van der Waals surface area contributed by atoms with Crippen LogP contribution >= 0.6 is 0 Å². The number of carboxylic acids is 2. The number of Topliss-reactive ketones (excluding diaryl/α,β-unsaturated/α-hetero) is 2. The zero-order valence-corrected chi connectivity index (χ0v) is 33.3. The fourth-order valence-electron chi connectivity index (χ4n) is 5.68. The van der Waals surface area contributed by atoms with E-state index in [1.807, 2.05) is 0 Å². The van der Waals surface area contributed by atoms with Gasteiger partial charge in [-0.15, -0.1) is 0 Å². The number of carboxylic acid groups (broad SMARTS) is 2. The quantitative estimate of drug-likeness (QED) is 0.0258.